The number of carbonyl (C=O) groups is 1. The topological polar surface area (TPSA) is 104 Å². The zero-order valence-corrected chi connectivity index (χ0v) is 64.1. The van der Waals surface area contributed by atoms with Crippen molar-refractivity contribution >= 4 is 249 Å². The summed E-state index contributed by atoms with van der Waals surface area (Å²) in [5.41, 5.74) is -2.23. The Morgan fingerprint density at radius 3 is 1.69 bits per heavy atom. The SMILES string of the molecule is CC1=C2[C@H](OP(P(P)P)P(PP)P(P)P)C[C@]3(C)[C@@H](OP(P(P)P)P(P)P)C[C@@H](O)[C@@](C)(O)[C@H]3[C@@H]3OC(=O)O[C@@]3(C[C@@H]1OP(P(P)P(P)P)P(P(P)P)P(P)P)C2(C)C. The zero-order chi connectivity index (χ0) is 45.1. The predicted octanol–water partition coefficient (Wildman–Crippen LogP) is 19.1. The first-order valence-corrected chi connectivity index (χ1v) is 69.3. The van der Waals surface area contributed by atoms with Crippen LogP contribution in [-0.4, -0.2) is 58.1 Å². The Kier molecular flexibility index (Phi) is 28.8. The number of fused-ring (bicyclic) bond motifs is 3. The summed E-state index contributed by atoms with van der Waals surface area (Å²) in [6.45, 7) is 5.32. The van der Waals surface area contributed by atoms with Crippen molar-refractivity contribution < 1.29 is 38.1 Å². The monoisotopic (exact) mass is 1370 g/mol. The van der Waals surface area contributed by atoms with E-state index in [0.717, 1.165) is 11.1 Å². The molecule has 1 spiro atoms. The molecule has 0 aromatic heterocycles. The number of aliphatic hydroxyl groups excluding tert-OH is 1. The van der Waals surface area contributed by atoms with E-state index in [1.54, 1.807) is 6.92 Å². The molecule has 3 fully saturated rings. The lowest BCUT2D eigenvalue weighted by Crippen LogP contribution is -2.73. The van der Waals surface area contributed by atoms with Crippen molar-refractivity contribution in [2.24, 2.45) is 16.7 Å². The van der Waals surface area contributed by atoms with Gasteiger partial charge in [0.05, 0.1) is 52.6 Å². The molecular weight excluding hydrogens is 1310 g/mol. The Bertz CT molecular complexity index is 1480. The fourth-order valence-corrected chi connectivity index (χ4v) is 204. The molecule has 1 saturated heterocycles. The molecule has 0 radical (unpaired) electrons. The van der Waals surface area contributed by atoms with E-state index in [4.69, 9.17) is 23.0 Å². The maximum atomic E-state index is 14.1. The highest BCUT2D eigenvalue weighted by Crippen LogP contribution is 3.18. The van der Waals surface area contributed by atoms with Gasteiger partial charge in [-0.25, -0.2) is 4.79 Å². The average Bonchev–Trinajstić information content (AvgIpc) is 3.41. The summed E-state index contributed by atoms with van der Waals surface area (Å²) < 4.78 is 36.1. The van der Waals surface area contributed by atoms with E-state index < -0.39 is 151 Å². The minimum Gasteiger partial charge on any atom is -0.426 e. The number of rotatable bonds is 17. The lowest BCUT2D eigenvalue weighted by molar-refractivity contribution is -0.253. The normalized spacial score (nSPS) is 36.0. The van der Waals surface area contributed by atoms with Gasteiger partial charge in [-0.05, 0) is 80.3 Å². The van der Waals surface area contributed by atoms with Crippen molar-refractivity contribution in [3.8, 4) is 0 Å². The molecule has 38 heteroatoms. The second kappa shape index (κ2) is 26.9. The van der Waals surface area contributed by atoms with Crippen molar-refractivity contribution in [1.82, 2.24) is 0 Å². The van der Waals surface area contributed by atoms with E-state index in [2.05, 4.69) is 171 Å². The van der Waals surface area contributed by atoms with E-state index in [9.17, 15) is 15.0 Å². The Morgan fingerprint density at radius 2 is 1.24 bits per heavy atom. The van der Waals surface area contributed by atoms with Crippen LogP contribution < -0.4 is 0 Å². The second-order valence-electron chi connectivity index (χ2n) is 15.1. The fourth-order valence-electron chi connectivity index (χ4n) is 8.74. The molecule has 0 aromatic rings. The molecule has 2 saturated carbocycles. The van der Waals surface area contributed by atoms with Gasteiger partial charge in [0, 0.05) is 50.6 Å². The Labute approximate surface area is 407 Å². The van der Waals surface area contributed by atoms with Crippen LogP contribution in [-0.2, 0) is 23.0 Å². The predicted molar refractivity (Wildman–Crippen MR) is 351 cm³/mol. The summed E-state index contributed by atoms with van der Waals surface area (Å²) in [7, 11) is 47.0. The quantitative estimate of drug-likeness (QED) is 0.0843. The highest BCUT2D eigenvalue weighted by atomic mass is 33.2. The number of hydrogen-bond acceptors (Lipinski definition) is 8. The third-order valence-corrected chi connectivity index (χ3v) is 152. The minimum absolute atomic E-state index is 0.250. The van der Waals surface area contributed by atoms with Gasteiger partial charge < -0.3 is 33.3 Å². The molecule has 4 aliphatic rings. The van der Waals surface area contributed by atoms with Crippen LogP contribution in [0.2, 0.25) is 0 Å². The Morgan fingerprint density at radius 1 is 0.712 bits per heavy atom. The maximum absolute atomic E-state index is 14.1. The second-order valence-corrected chi connectivity index (χ2v) is 122. The number of ether oxygens (including phenoxy) is 2. The van der Waals surface area contributed by atoms with Crippen molar-refractivity contribution in [1.29, 1.82) is 0 Å². The molecule has 0 aromatic carbocycles. The molecular formula is C21H62O8P30. The third-order valence-electron chi connectivity index (χ3n) is 11.2. The summed E-state index contributed by atoms with van der Waals surface area (Å²) in [6, 6.07) is 0. The fraction of sp³-hybridized carbons (Fsp3) is 0.857. The van der Waals surface area contributed by atoms with Gasteiger partial charge in [-0.3, -0.25) is 0 Å². The van der Waals surface area contributed by atoms with Gasteiger partial charge in [-0.2, -0.15) is 0 Å². The van der Waals surface area contributed by atoms with E-state index >= 15 is 0 Å². The number of aliphatic hydroxyl groups is 2. The van der Waals surface area contributed by atoms with E-state index in [1.165, 1.54) is 0 Å². The molecule has 2 N–H and O–H groups in total. The summed E-state index contributed by atoms with van der Waals surface area (Å²) in [6.07, 6.45) is -2.89. The molecule has 59 heavy (non-hydrogen) atoms. The molecule has 3 aliphatic carbocycles. The van der Waals surface area contributed by atoms with E-state index in [1.807, 2.05) is 0 Å². The smallest absolute Gasteiger partial charge is 0.426 e. The van der Waals surface area contributed by atoms with Gasteiger partial charge in [0.1, 0.15) is 0 Å². The van der Waals surface area contributed by atoms with Gasteiger partial charge in [0.15, 0.2) is 11.7 Å². The first-order valence-electron chi connectivity index (χ1n) is 17.1. The number of hydrogen-bond donors (Lipinski definition) is 2. The molecule has 4 rings (SSSR count). The molecule has 8 nitrogen and oxygen atoms in total. The van der Waals surface area contributed by atoms with E-state index in [-0.39, 0.29) is 12.5 Å². The van der Waals surface area contributed by atoms with Crippen LogP contribution in [0.15, 0.2) is 11.1 Å². The minimum atomic E-state index is -1.65. The maximum Gasteiger partial charge on any atom is 0.509 e. The van der Waals surface area contributed by atoms with Crippen molar-refractivity contribution in [2.45, 2.75) is 95.6 Å². The van der Waals surface area contributed by atoms with Crippen LogP contribution in [0.25, 0.3) is 0 Å². The molecule has 344 valence electrons. The lowest BCUT2D eigenvalue weighted by atomic mass is 9.46. The van der Waals surface area contributed by atoms with Gasteiger partial charge >= 0.3 is 6.16 Å². The lowest BCUT2D eigenvalue weighted by Gasteiger charge is -2.64. The summed E-state index contributed by atoms with van der Waals surface area (Å²) >= 11 is 0. The first kappa shape index (κ1) is 63.2. The van der Waals surface area contributed by atoms with Crippen molar-refractivity contribution in [2.75, 3.05) is 0 Å². The summed E-state index contributed by atoms with van der Waals surface area (Å²) in [5.74, 6) is -0.757. The van der Waals surface area contributed by atoms with Crippen LogP contribution in [0.5, 0.6) is 0 Å². The molecule has 2 bridgehead atoms. The van der Waals surface area contributed by atoms with Crippen LogP contribution in [0, 0.1) is 16.7 Å². The zero-order valence-electron chi connectivity index (χ0n) is 33.0. The molecule has 21 unspecified atom stereocenters. The largest absolute Gasteiger partial charge is 0.509 e. The summed E-state index contributed by atoms with van der Waals surface area (Å²) in [4.78, 5) is 14.1. The first-order chi connectivity index (χ1) is 27.0. The summed E-state index contributed by atoms with van der Waals surface area (Å²) in [5, 5.41) is 25.0. The van der Waals surface area contributed by atoms with Crippen LogP contribution in [0.1, 0.15) is 53.9 Å². The van der Waals surface area contributed by atoms with Gasteiger partial charge in [0.25, 0.3) is 0 Å². The van der Waals surface area contributed by atoms with Crippen LogP contribution in [0.3, 0.4) is 0 Å². The molecule has 30 atom stereocenters. The number of carbonyl (C=O) groups excluding carboxylic acids is 1. The molecule has 1 aliphatic heterocycles. The van der Waals surface area contributed by atoms with Crippen LogP contribution in [0.4, 0.5) is 4.79 Å². The standard InChI is InChI=1S/C21H62O8P30/c1-9-10(27-49(57(45)53(37)38)59(55(41)42)56(43)44)8-21-16(25-17(23)26-21)15-19(4,13(6-12(22)20(15,5)24)29-47(50(31)32)51(33)34)7-11(14(9)18(21,2)3)28-48(52(35)36)58(46-30)54(39)40/h10-13,15-16,22,24,46H,6-8,30-45H2,1-5H3/t10-,11+,12+,13-,15-,16-,19+,20+,21+,48?,49?,57?,58?/m0/s1. The molecule has 1 heterocycles. The van der Waals surface area contributed by atoms with Gasteiger partial charge in [-0.1, -0.05) is 37.7 Å². The average molecular weight is 1370 g/mol. The molecule has 0 amide bonds. The Balaban J connectivity index is 2.13. The third kappa shape index (κ3) is 14.3. The van der Waals surface area contributed by atoms with Gasteiger partial charge in [0.2, 0.25) is 0 Å². The van der Waals surface area contributed by atoms with E-state index in [0.29, 0.717) is 20.8 Å². The highest BCUT2D eigenvalue weighted by Gasteiger charge is 2.75. The highest BCUT2D eigenvalue weighted by molar-refractivity contribution is 9.19. The Hall–Kier alpha value is 11.7. The van der Waals surface area contributed by atoms with Gasteiger partial charge in [-0.15, -0.1) is 134 Å². The van der Waals surface area contributed by atoms with Crippen LogP contribution >= 0.6 is 243 Å². The van der Waals surface area contributed by atoms with Crippen molar-refractivity contribution in [3.05, 3.63) is 11.1 Å². The van der Waals surface area contributed by atoms with Crippen molar-refractivity contribution in [3.63, 3.8) is 0 Å².